The molecule has 0 saturated carbocycles. The summed E-state index contributed by atoms with van der Waals surface area (Å²) < 4.78 is 0. The first kappa shape index (κ1) is 17.9. The normalized spacial score (nSPS) is 19.0. The van der Waals surface area contributed by atoms with E-state index in [1.165, 1.54) is 4.90 Å². The van der Waals surface area contributed by atoms with E-state index >= 15 is 0 Å². The number of aromatic nitrogens is 3. The maximum Gasteiger partial charge on any atom is 0.267 e. The molecule has 0 spiro atoms. The quantitative estimate of drug-likeness (QED) is 0.627. The fourth-order valence-corrected chi connectivity index (χ4v) is 3.31. The third-order valence-electron chi connectivity index (χ3n) is 4.86. The zero-order valence-electron chi connectivity index (χ0n) is 15.6. The van der Waals surface area contributed by atoms with Gasteiger partial charge in [0, 0.05) is 36.5 Å². The molecule has 7 nitrogen and oxygen atoms in total. The average molecular weight is 373 g/mol. The number of hydrogen-bond donors (Lipinski definition) is 2. The van der Waals surface area contributed by atoms with Crippen LogP contribution in [-0.4, -0.2) is 50.1 Å². The Bertz CT molecular complexity index is 1160. The molecule has 1 aromatic carbocycles. The first-order valence-corrected chi connectivity index (χ1v) is 8.87. The molecule has 1 fully saturated rings. The van der Waals surface area contributed by atoms with Gasteiger partial charge in [0.15, 0.2) is 5.82 Å². The molecule has 0 bridgehead atoms. The second kappa shape index (κ2) is 6.59. The van der Waals surface area contributed by atoms with Gasteiger partial charge in [-0.1, -0.05) is 24.0 Å². The van der Waals surface area contributed by atoms with Crippen LogP contribution < -0.4 is 5.73 Å². The van der Waals surface area contributed by atoms with E-state index in [9.17, 15) is 9.90 Å². The molecule has 0 aliphatic carbocycles. The van der Waals surface area contributed by atoms with E-state index in [-0.39, 0.29) is 5.91 Å². The van der Waals surface area contributed by atoms with Gasteiger partial charge >= 0.3 is 0 Å². The molecule has 0 radical (unpaired) electrons. The second-order valence-corrected chi connectivity index (χ2v) is 6.92. The van der Waals surface area contributed by atoms with Gasteiger partial charge in [0.1, 0.15) is 0 Å². The number of fused-ring (bicyclic) bond motifs is 1. The van der Waals surface area contributed by atoms with E-state index in [4.69, 9.17) is 5.73 Å². The molecular weight excluding hydrogens is 354 g/mol. The van der Waals surface area contributed by atoms with E-state index in [0.29, 0.717) is 35.6 Å². The molecule has 1 saturated heterocycles. The predicted octanol–water partition coefficient (Wildman–Crippen LogP) is 1.53. The molecule has 28 heavy (non-hydrogen) atoms. The number of nitrogens with zero attached hydrogens (tertiary/aromatic N) is 4. The third-order valence-corrected chi connectivity index (χ3v) is 4.86. The number of benzene rings is 1. The van der Waals surface area contributed by atoms with Crippen LogP contribution in [0.15, 0.2) is 36.7 Å². The predicted molar refractivity (Wildman–Crippen MR) is 106 cm³/mol. The largest absolute Gasteiger partial charge is 0.397 e. The van der Waals surface area contributed by atoms with Crippen LogP contribution in [-0.2, 0) is 4.79 Å². The lowest BCUT2D eigenvalue weighted by atomic mass is 10.0. The van der Waals surface area contributed by atoms with Crippen LogP contribution in [0, 0.1) is 18.8 Å². The van der Waals surface area contributed by atoms with E-state index in [0.717, 1.165) is 16.6 Å². The first-order chi connectivity index (χ1) is 13.4. The molecule has 3 heterocycles. The maximum atomic E-state index is 12.1. The minimum Gasteiger partial charge on any atom is -0.397 e. The zero-order chi connectivity index (χ0) is 19.9. The topological polar surface area (TPSA) is 105 Å². The number of likely N-dealkylation sites (N-methyl/N-ethyl adjacent to an activating group) is 1. The molecule has 1 amide bonds. The van der Waals surface area contributed by atoms with Crippen LogP contribution in [0.3, 0.4) is 0 Å². The van der Waals surface area contributed by atoms with Crippen molar-refractivity contribution in [3.8, 4) is 23.2 Å². The Labute approximate surface area is 162 Å². The van der Waals surface area contributed by atoms with Crippen LogP contribution in [0.1, 0.15) is 17.7 Å². The summed E-state index contributed by atoms with van der Waals surface area (Å²) in [4.78, 5) is 26.8. The molecule has 7 heteroatoms. The molecule has 1 aliphatic rings. The number of amides is 1. The highest BCUT2D eigenvalue weighted by atomic mass is 16.3. The number of carbonyl (C=O) groups excluding carboxylic acids is 1. The summed E-state index contributed by atoms with van der Waals surface area (Å²) >= 11 is 0. The van der Waals surface area contributed by atoms with Gasteiger partial charge in [-0.3, -0.25) is 9.78 Å². The smallest absolute Gasteiger partial charge is 0.267 e. The van der Waals surface area contributed by atoms with Crippen molar-refractivity contribution in [1.82, 2.24) is 19.9 Å². The van der Waals surface area contributed by atoms with Crippen molar-refractivity contribution in [2.24, 2.45) is 0 Å². The van der Waals surface area contributed by atoms with Crippen molar-refractivity contribution < 1.29 is 9.90 Å². The van der Waals surface area contributed by atoms with Gasteiger partial charge in [-0.2, -0.15) is 0 Å². The first-order valence-electron chi connectivity index (χ1n) is 8.87. The van der Waals surface area contributed by atoms with Gasteiger partial charge in [0.2, 0.25) is 5.60 Å². The number of pyridine rings is 1. The fourth-order valence-electron chi connectivity index (χ4n) is 3.31. The highest BCUT2D eigenvalue weighted by Gasteiger charge is 2.42. The Balaban J connectivity index is 1.72. The number of nitrogen functional groups attached to an aromatic ring is 1. The molecule has 0 unspecified atom stereocenters. The fraction of sp³-hybridized carbons (Fsp3) is 0.238. The lowest BCUT2D eigenvalue weighted by Crippen LogP contribution is -2.37. The Hall–Kier alpha value is -3.50. The van der Waals surface area contributed by atoms with Crippen LogP contribution >= 0.6 is 0 Å². The summed E-state index contributed by atoms with van der Waals surface area (Å²) in [6.07, 6.45) is 3.54. The molecule has 1 aliphatic heterocycles. The standard InChI is InChI=1S/C21H19N5O2/c1-13-18-16(22)11-23-12-17(18)25-19(24-13)15-5-3-4-14(10-15)6-7-21(28)8-9-26(2)20(21)27/h3-5,10-12,28H,8-9,22H2,1-2H3/t21-/m0/s1. The number of aryl methyl sites for hydroxylation is 1. The molecule has 2 aromatic heterocycles. The molecule has 3 N–H and O–H groups in total. The number of aliphatic hydroxyl groups is 1. The Morgan fingerprint density at radius 3 is 2.86 bits per heavy atom. The lowest BCUT2D eigenvalue weighted by Gasteiger charge is -2.13. The Morgan fingerprint density at radius 1 is 1.29 bits per heavy atom. The molecular formula is C21H19N5O2. The van der Waals surface area contributed by atoms with Gasteiger partial charge in [0.25, 0.3) is 5.91 Å². The van der Waals surface area contributed by atoms with Crippen LogP contribution in [0.25, 0.3) is 22.3 Å². The lowest BCUT2D eigenvalue weighted by molar-refractivity contribution is -0.137. The van der Waals surface area contributed by atoms with E-state index in [1.807, 2.05) is 31.2 Å². The van der Waals surface area contributed by atoms with Crippen LogP contribution in [0.5, 0.6) is 0 Å². The summed E-state index contributed by atoms with van der Waals surface area (Å²) in [6.45, 7) is 2.37. The number of rotatable bonds is 1. The number of hydrogen-bond acceptors (Lipinski definition) is 6. The monoisotopic (exact) mass is 373 g/mol. The number of carbonyl (C=O) groups is 1. The van der Waals surface area contributed by atoms with Gasteiger partial charge < -0.3 is 15.7 Å². The SMILES string of the molecule is Cc1nc(-c2cccc(C#C[C@]3(O)CCN(C)C3=O)c2)nc2cncc(N)c12. The number of nitrogens with two attached hydrogens (primary N) is 1. The number of anilines is 1. The van der Waals surface area contributed by atoms with Gasteiger partial charge in [-0.05, 0) is 19.1 Å². The van der Waals surface area contributed by atoms with E-state index < -0.39 is 5.60 Å². The average Bonchev–Trinajstić information content (AvgIpc) is 2.94. The summed E-state index contributed by atoms with van der Waals surface area (Å²) in [6, 6.07) is 7.37. The van der Waals surface area contributed by atoms with E-state index in [2.05, 4.69) is 26.8 Å². The van der Waals surface area contributed by atoms with Crippen molar-refractivity contribution in [2.75, 3.05) is 19.3 Å². The Kier molecular flexibility index (Phi) is 4.21. The van der Waals surface area contributed by atoms with Crippen molar-refractivity contribution in [2.45, 2.75) is 18.9 Å². The van der Waals surface area contributed by atoms with Crippen molar-refractivity contribution >= 4 is 22.5 Å². The van der Waals surface area contributed by atoms with Crippen LogP contribution in [0.4, 0.5) is 5.69 Å². The summed E-state index contributed by atoms with van der Waals surface area (Å²) in [5.41, 5.74) is 7.80. The van der Waals surface area contributed by atoms with Gasteiger partial charge in [-0.15, -0.1) is 0 Å². The molecule has 1 atom stereocenters. The van der Waals surface area contributed by atoms with E-state index in [1.54, 1.807) is 19.4 Å². The minimum atomic E-state index is -1.62. The van der Waals surface area contributed by atoms with Crippen LogP contribution in [0.2, 0.25) is 0 Å². The second-order valence-electron chi connectivity index (χ2n) is 6.92. The Morgan fingerprint density at radius 2 is 2.11 bits per heavy atom. The summed E-state index contributed by atoms with van der Waals surface area (Å²) in [5.74, 6) is 5.81. The molecule has 4 rings (SSSR count). The molecule has 3 aromatic rings. The minimum absolute atomic E-state index is 0.302. The highest BCUT2D eigenvalue weighted by Crippen LogP contribution is 2.25. The molecule has 140 valence electrons. The highest BCUT2D eigenvalue weighted by molar-refractivity contribution is 5.92. The van der Waals surface area contributed by atoms with Crippen molar-refractivity contribution in [3.05, 3.63) is 47.9 Å². The van der Waals surface area contributed by atoms with Gasteiger partial charge in [-0.25, -0.2) is 9.97 Å². The van der Waals surface area contributed by atoms with Crippen molar-refractivity contribution in [1.29, 1.82) is 0 Å². The summed E-state index contributed by atoms with van der Waals surface area (Å²) in [5, 5.41) is 11.2. The third kappa shape index (κ3) is 3.04. The zero-order valence-corrected chi connectivity index (χ0v) is 15.6. The number of likely N-dealkylation sites (tertiary alicyclic amines) is 1. The van der Waals surface area contributed by atoms with Gasteiger partial charge in [0.05, 0.1) is 29.3 Å². The summed E-state index contributed by atoms with van der Waals surface area (Å²) in [7, 11) is 1.66. The maximum absolute atomic E-state index is 12.1. The van der Waals surface area contributed by atoms with Crippen molar-refractivity contribution in [3.63, 3.8) is 0 Å².